The highest BCUT2D eigenvalue weighted by molar-refractivity contribution is 6.05. The zero-order valence-corrected chi connectivity index (χ0v) is 14.3. The van der Waals surface area contributed by atoms with Crippen molar-refractivity contribution in [1.29, 1.82) is 0 Å². The number of rotatable bonds is 5. The van der Waals surface area contributed by atoms with Crippen molar-refractivity contribution in [3.05, 3.63) is 70.4 Å². The fourth-order valence-electron chi connectivity index (χ4n) is 3.40. The number of nitrogens with one attached hydrogen (secondary N) is 1. The number of para-hydroxylation sites is 1. The lowest BCUT2D eigenvalue weighted by atomic mass is 10.1. The van der Waals surface area contributed by atoms with E-state index >= 15 is 0 Å². The van der Waals surface area contributed by atoms with Gasteiger partial charge in [0.25, 0.3) is 5.91 Å². The number of aromatic nitrogens is 1. The molecule has 6 nitrogen and oxygen atoms in total. The van der Waals surface area contributed by atoms with Gasteiger partial charge in [0.05, 0.1) is 24.5 Å². The zero-order valence-electron chi connectivity index (χ0n) is 14.3. The number of hydrogen-bond acceptors (Lipinski definition) is 4. The van der Waals surface area contributed by atoms with Crippen LogP contribution in [0.2, 0.25) is 0 Å². The van der Waals surface area contributed by atoms with Crippen LogP contribution in [0.4, 0.5) is 0 Å². The van der Waals surface area contributed by atoms with Crippen LogP contribution < -0.4 is 5.56 Å². The van der Waals surface area contributed by atoms with E-state index in [1.165, 1.54) is 6.07 Å². The minimum absolute atomic E-state index is 0.0159. The predicted molar refractivity (Wildman–Crippen MR) is 97.0 cm³/mol. The fraction of sp³-hybridized carbons (Fsp3) is 0.300. The maximum Gasteiger partial charge on any atom is 0.255 e. The first-order valence-corrected chi connectivity index (χ1v) is 8.76. The zero-order chi connectivity index (χ0) is 17.9. The largest absolute Gasteiger partial charge is 0.467 e. The minimum atomic E-state index is -0.290. The third-order valence-corrected chi connectivity index (χ3v) is 4.64. The Morgan fingerprint density at radius 3 is 2.88 bits per heavy atom. The Labute approximate surface area is 150 Å². The molecule has 2 aromatic heterocycles. The number of fused-ring (bicyclic) bond motifs is 1. The molecule has 1 aliphatic rings. The number of nitrogens with zero attached hydrogens (tertiary/aromatic N) is 1. The summed E-state index contributed by atoms with van der Waals surface area (Å²) >= 11 is 0. The topological polar surface area (TPSA) is 75.5 Å². The van der Waals surface area contributed by atoms with Crippen molar-refractivity contribution in [2.75, 3.05) is 13.2 Å². The number of benzene rings is 1. The van der Waals surface area contributed by atoms with Crippen LogP contribution >= 0.6 is 0 Å². The Balaban J connectivity index is 1.70. The van der Waals surface area contributed by atoms with Crippen LogP contribution in [0.3, 0.4) is 0 Å². The van der Waals surface area contributed by atoms with Crippen LogP contribution in [0.15, 0.2) is 57.9 Å². The van der Waals surface area contributed by atoms with Crippen LogP contribution in [-0.2, 0) is 11.3 Å². The average molecular weight is 352 g/mol. The van der Waals surface area contributed by atoms with Gasteiger partial charge in [0.2, 0.25) is 5.56 Å². The normalized spacial score (nSPS) is 16.8. The summed E-state index contributed by atoms with van der Waals surface area (Å²) in [5, 5.41) is 0.730. The lowest BCUT2D eigenvalue weighted by Gasteiger charge is -2.25. The summed E-state index contributed by atoms with van der Waals surface area (Å²) in [4.78, 5) is 29.8. The van der Waals surface area contributed by atoms with Gasteiger partial charge in [-0.2, -0.15) is 0 Å². The number of hydrogen-bond donors (Lipinski definition) is 1. The van der Waals surface area contributed by atoms with Gasteiger partial charge in [-0.15, -0.1) is 0 Å². The van der Waals surface area contributed by atoms with Gasteiger partial charge in [0, 0.05) is 30.1 Å². The Morgan fingerprint density at radius 2 is 2.12 bits per heavy atom. The number of carbonyl (C=O) groups excluding carboxylic acids is 1. The predicted octanol–water partition coefficient (Wildman–Crippen LogP) is 2.94. The summed E-state index contributed by atoms with van der Waals surface area (Å²) in [6.45, 7) is 1.54. The van der Waals surface area contributed by atoms with Crippen LogP contribution in [0.1, 0.15) is 29.0 Å². The highest BCUT2D eigenvalue weighted by Crippen LogP contribution is 2.21. The number of amides is 1. The van der Waals surface area contributed by atoms with Crippen molar-refractivity contribution < 1.29 is 13.9 Å². The van der Waals surface area contributed by atoms with Gasteiger partial charge in [-0.3, -0.25) is 9.59 Å². The minimum Gasteiger partial charge on any atom is -0.467 e. The molecule has 1 atom stereocenters. The van der Waals surface area contributed by atoms with Gasteiger partial charge in [-0.25, -0.2) is 0 Å². The fourth-order valence-corrected chi connectivity index (χ4v) is 3.40. The number of carbonyl (C=O) groups is 1. The Hall–Kier alpha value is -2.86. The number of furan rings is 1. The van der Waals surface area contributed by atoms with E-state index in [0.717, 1.165) is 24.8 Å². The van der Waals surface area contributed by atoms with E-state index in [2.05, 4.69) is 4.98 Å². The van der Waals surface area contributed by atoms with Gasteiger partial charge >= 0.3 is 0 Å². The van der Waals surface area contributed by atoms with Gasteiger partial charge in [-0.05, 0) is 31.0 Å². The molecule has 1 fully saturated rings. The third kappa shape index (κ3) is 3.41. The molecule has 0 unspecified atom stereocenters. The summed E-state index contributed by atoms with van der Waals surface area (Å²) in [6.07, 6.45) is 3.54. The molecule has 1 saturated heterocycles. The molecular formula is C20H20N2O4. The molecule has 0 aliphatic carbocycles. The number of aromatic amines is 1. The Bertz CT molecular complexity index is 955. The summed E-state index contributed by atoms with van der Waals surface area (Å²) in [5.74, 6) is 0.504. The molecule has 4 rings (SSSR count). The highest BCUT2D eigenvalue weighted by atomic mass is 16.5. The molecule has 1 aromatic carbocycles. The molecule has 0 radical (unpaired) electrons. The van der Waals surface area contributed by atoms with Crippen molar-refractivity contribution in [3.8, 4) is 0 Å². The van der Waals surface area contributed by atoms with E-state index in [4.69, 9.17) is 9.15 Å². The molecule has 6 heteroatoms. The van der Waals surface area contributed by atoms with E-state index in [1.54, 1.807) is 23.3 Å². The van der Waals surface area contributed by atoms with E-state index in [0.29, 0.717) is 29.9 Å². The maximum atomic E-state index is 13.3. The summed E-state index contributed by atoms with van der Waals surface area (Å²) in [5.41, 5.74) is 0.759. The molecular weight excluding hydrogens is 332 g/mol. The SMILES string of the molecule is O=C(c1cc(=O)[nH]c2ccccc12)N(Cc1ccco1)C[C@H]1CCCO1. The lowest BCUT2D eigenvalue weighted by Crippen LogP contribution is -2.37. The number of pyridine rings is 1. The molecule has 1 amide bonds. The number of ether oxygens (including phenoxy) is 1. The monoisotopic (exact) mass is 352 g/mol. The molecule has 3 heterocycles. The molecule has 134 valence electrons. The lowest BCUT2D eigenvalue weighted by molar-refractivity contribution is 0.0493. The van der Waals surface area contributed by atoms with E-state index in [9.17, 15) is 9.59 Å². The molecule has 26 heavy (non-hydrogen) atoms. The van der Waals surface area contributed by atoms with E-state index in [1.807, 2.05) is 24.3 Å². The average Bonchev–Trinajstić information content (AvgIpc) is 3.34. The van der Waals surface area contributed by atoms with E-state index < -0.39 is 0 Å². The van der Waals surface area contributed by atoms with Crippen molar-refractivity contribution in [1.82, 2.24) is 9.88 Å². The second kappa shape index (κ2) is 7.17. The first-order chi connectivity index (χ1) is 12.7. The van der Waals surface area contributed by atoms with Crippen LogP contribution in [0, 0.1) is 0 Å². The van der Waals surface area contributed by atoms with Crippen molar-refractivity contribution >= 4 is 16.8 Å². The summed E-state index contributed by atoms with van der Waals surface area (Å²) < 4.78 is 11.1. The highest BCUT2D eigenvalue weighted by Gasteiger charge is 2.25. The molecule has 1 aliphatic heterocycles. The molecule has 0 bridgehead atoms. The summed E-state index contributed by atoms with van der Waals surface area (Å²) in [7, 11) is 0. The molecule has 0 spiro atoms. The summed E-state index contributed by atoms with van der Waals surface area (Å²) in [6, 6.07) is 12.3. The van der Waals surface area contributed by atoms with Crippen molar-refractivity contribution in [3.63, 3.8) is 0 Å². The maximum absolute atomic E-state index is 13.3. The van der Waals surface area contributed by atoms with Gasteiger partial charge < -0.3 is 19.0 Å². The molecule has 0 saturated carbocycles. The van der Waals surface area contributed by atoms with Gasteiger partial charge in [0.1, 0.15) is 5.76 Å². The standard InChI is InChI=1S/C20H20N2O4/c23-19-11-17(16-7-1-2-8-18(16)21-19)20(24)22(12-14-5-3-9-25-14)13-15-6-4-10-26-15/h1-3,5,7-9,11,15H,4,6,10,12-13H2,(H,21,23)/t15-/m1/s1. The van der Waals surface area contributed by atoms with Gasteiger partial charge in [0.15, 0.2) is 0 Å². The van der Waals surface area contributed by atoms with Crippen LogP contribution in [0.5, 0.6) is 0 Å². The first-order valence-electron chi connectivity index (χ1n) is 8.76. The molecule has 1 N–H and O–H groups in total. The Morgan fingerprint density at radius 1 is 1.23 bits per heavy atom. The smallest absolute Gasteiger partial charge is 0.255 e. The van der Waals surface area contributed by atoms with Gasteiger partial charge in [-0.1, -0.05) is 18.2 Å². The second-order valence-corrected chi connectivity index (χ2v) is 6.49. The van der Waals surface area contributed by atoms with Crippen molar-refractivity contribution in [2.24, 2.45) is 0 Å². The first kappa shape index (κ1) is 16.6. The Kier molecular flexibility index (Phi) is 4.58. The second-order valence-electron chi connectivity index (χ2n) is 6.49. The third-order valence-electron chi connectivity index (χ3n) is 4.64. The number of H-pyrrole nitrogens is 1. The van der Waals surface area contributed by atoms with E-state index in [-0.39, 0.29) is 17.6 Å². The van der Waals surface area contributed by atoms with Crippen molar-refractivity contribution in [2.45, 2.75) is 25.5 Å². The quantitative estimate of drug-likeness (QED) is 0.766. The molecule has 3 aromatic rings. The van der Waals surface area contributed by atoms with Crippen LogP contribution in [-0.4, -0.2) is 35.0 Å². The van der Waals surface area contributed by atoms with Crippen LogP contribution in [0.25, 0.3) is 10.9 Å².